The van der Waals surface area contributed by atoms with Crippen LogP contribution in [0.15, 0.2) is 48.5 Å². The zero-order valence-corrected chi connectivity index (χ0v) is 16.5. The van der Waals surface area contributed by atoms with Crippen LogP contribution in [-0.4, -0.2) is 42.7 Å². The van der Waals surface area contributed by atoms with Crippen LogP contribution in [0.3, 0.4) is 0 Å². The first-order valence-corrected chi connectivity index (χ1v) is 9.88. The van der Waals surface area contributed by atoms with Gasteiger partial charge in [0.15, 0.2) is 0 Å². The average Bonchev–Trinajstić information content (AvgIpc) is 3.10. The number of nitrogens with zero attached hydrogens (tertiary/aromatic N) is 1. The summed E-state index contributed by atoms with van der Waals surface area (Å²) >= 11 is 0. The molecule has 1 atom stereocenters. The summed E-state index contributed by atoms with van der Waals surface area (Å²) in [6.45, 7) is 4.04. The van der Waals surface area contributed by atoms with Crippen LogP contribution >= 0.6 is 0 Å². The third-order valence-electron chi connectivity index (χ3n) is 5.49. The molecule has 146 valence electrons. The number of fused-ring (bicyclic) bond motifs is 3. The number of rotatable bonds is 5. The first-order chi connectivity index (χ1) is 13.7. The van der Waals surface area contributed by atoms with E-state index >= 15 is 0 Å². The normalized spacial score (nSPS) is 16.2. The van der Waals surface area contributed by atoms with Gasteiger partial charge in [-0.05, 0) is 37.0 Å². The number of hydrogen-bond donors (Lipinski definition) is 2. The Hall–Kier alpha value is -2.79. The number of H-pyrrole nitrogens is 1. The van der Waals surface area contributed by atoms with E-state index in [0.29, 0.717) is 19.7 Å². The second-order valence-electron chi connectivity index (χ2n) is 7.40. The Kier molecular flexibility index (Phi) is 5.35. The Labute approximate surface area is 165 Å². The summed E-state index contributed by atoms with van der Waals surface area (Å²) in [5.74, 6) is 0. The Morgan fingerprint density at radius 3 is 2.79 bits per heavy atom. The van der Waals surface area contributed by atoms with Crippen LogP contribution in [0.2, 0.25) is 0 Å². The van der Waals surface area contributed by atoms with Crippen LogP contribution in [0, 0.1) is 6.92 Å². The summed E-state index contributed by atoms with van der Waals surface area (Å²) in [7, 11) is 1.68. The fourth-order valence-corrected chi connectivity index (χ4v) is 4.07. The number of methoxy groups -OCH3 is 1. The molecular formula is C23H27N3O2. The molecule has 0 spiro atoms. The Bertz CT molecular complexity index is 962. The highest BCUT2D eigenvalue weighted by molar-refractivity contribution is 5.86. The van der Waals surface area contributed by atoms with Crippen molar-refractivity contribution in [2.24, 2.45) is 0 Å². The number of aryl methyl sites for hydroxylation is 1. The highest BCUT2D eigenvalue weighted by Gasteiger charge is 2.34. The molecule has 1 aromatic heterocycles. The Morgan fingerprint density at radius 1 is 1.21 bits per heavy atom. The second-order valence-corrected chi connectivity index (χ2v) is 7.40. The number of hydrogen-bond acceptors (Lipinski definition) is 2. The number of para-hydroxylation sites is 1. The monoisotopic (exact) mass is 377 g/mol. The molecule has 0 fully saturated rings. The smallest absolute Gasteiger partial charge is 0.318 e. The van der Waals surface area contributed by atoms with Crippen molar-refractivity contribution in [1.29, 1.82) is 0 Å². The first-order valence-electron chi connectivity index (χ1n) is 9.88. The highest BCUT2D eigenvalue weighted by Crippen LogP contribution is 2.38. The van der Waals surface area contributed by atoms with E-state index in [4.69, 9.17) is 4.74 Å². The standard InChI is InChI=1S/C23H27N3O2/c1-16-8-10-17(11-9-16)22-21-19(18-6-3-4-7-20(18)25-21)12-14-26(22)23(27)24-13-5-15-28-2/h3-4,6-11,22,25H,5,12-15H2,1-2H3,(H,24,27). The maximum absolute atomic E-state index is 13.0. The molecular weight excluding hydrogens is 350 g/mol. The zero-order chi connectivity index (χ0) is 19.5. The molecule has 2 aromatic carbocycles. The highest BCUT2D eigenvalue weighted by atomic mass is 16.5. The molecule has 3 aromatic rings. The van der Waals surface area contributed by atoms with Gasteiger partial charge < -0.3 is 19.9 Å². The minimum Gasteiger partial charge on any atom is -0.385 e. The topological polar surface area (TPSA) is 57.4 Å². The van der Waals surface area contributed by atoms with Gasteiger partial charge in [0, 0.05) is 43.4 Å². The van der Waals surface area contributed by atoms with E-state index < -0.39 is 0 Å². The number of amides is 2. The molecule has 0 saturated carbocycles. The lowest BCUT2D eigenvalue weighted by atomic mass is 9.92. The molecule has 2 heterocycles. The van der Waals surface area contributed by atoms with Gasteiger partial charge in [0.25, 0.3) is 0 Å². The summed E-state index contributed by atoms with van der Waals surface area (Å²) in [6.07, 6.45) is 1.66. The van der Waals surface area contributed by atoms with E-state index in [1.165, 1.54) is 16.5 Å². The summed E-state index contributed by atoms with van der Waals surface area (Å²) in [5.41, 5.74) is 5.93. The molecule has 2 amide bonds. The van der Waals surface area contributed by atoms with Crippen molar-refractivity contribution in [3.8, 4) is 0 Å². The van der Waals surface area contributed by atoms with Crippen molar-refractivity contribution >= 4 is 16.9 Å². The van der Waals surface area contributed by atoms with Crippen molar-refractivity contribution in [3.63, 3.8) is 0 Å². The number of aromatic nitrogens is 1. The molecule has 28 heavy (non-hydrogen) atoms. The largest absolute Gasteiger partial charge is 0.385 e. The van der Waals surface area contributed by atoms with Crippen LogP contribution in [0.25, 0.3) is 10.9 Å². The van der Waals surface area contributed by atoms with Crippen LogP contribution in [0.4, 0.5) is 4.79 Å². The van der Waals surface area contributed by atoms with Gasteiger partial charge in [-0.15, -0.1) is 0 Å². The third kappa shape index (κ3) is 3.50. The van der Waals surface area contributed by atoms with Crippen molar-refractivity contribution in [1.82, 2.24) is 15.2 Å². The fourth-order valence-electron chi connectivity index (χ4n) is 4.07. The van der Waals surface area contributed by atoms with Crippen molar-refractivity contribution in [2.75, 3.05) is 26.8 Å². The number of benzene rings is 2. The van der Waals surface area contributed by atoms with Crippen LogP contribution in [0.5, 0.6) is 0 Å². The van der Waals surface area contributed by atoms with Gasteiger partial charge >= 0.3 is 6.03 Å². The molecule has 1 aliphatic rings. The number of carbonyl (C=O) groups is 1. The van der Waals surface area contributed by atoms with Gasteiger partial charge in [0.1, 0.15) is 0 Å². The Morgan fingerprint density at radius 2 is 2.00 bits per heavy atom. The lowest BCUT2D eigenvalue weighted by Crippen LogP contribution is -2.46. The van der Waals surface area contributed by atoms with Crippen LogP contribution < -0.4 is 5.32 Å². The summed E-state index contributed by atoms with van der Waals surface area (Å²) in [5, 5.41) is 4.32. The summed E-state index contributed by atoms with van der Waals surface area (Å²) in [6, 6.07) is 16.7. The quantitative estimate of drug-likeness (QED) is 0.656. The van der Waals surface area contributed by atoms with Gasteiger partial charge in [-0.3, -0.25) is 0 Å². The molecule has 4 rings (SSSR count). The molecule has 0 aliphatic carbocycles. The minimum absolute atomic E-state index is 0.0222. The van der Waals surface area contributed by atoms with E-state index in [0.717, 1.165) is 29.6 Å². The number of aromatic amines is 1. The van der Waals surface area contributed by atoms with Gasteiger partial charge in [-0.25, -0.2) is 4.79 Å². The van der Waals surface area contributed by atoms with Crippen molar-refractivity contribution in [3.05, 3.63) is 70.9 Å². The lowest BCUT2D eigenvalue weighted by Gasteiger charge is -2.36. The molecule has 0 saturated heterocycles. The molecule has 0 radical (unpaired) electrons. The average molecular weight is 377 g/mol. The first kappa shape index (κ1) is 18.6. The number of carbonyl (C=O) groups excluding carboxylic acids is 1. The number of nitrogens with one attached hydrogen (secondary N) is 2. The Balaban J connectivity index is 1.70. The molecule has 1 aliphatic heterocycles. The zero-order valence-electron chi connectivity index (χ0n) is 16.5. The van der Waals surface area contributed by atoms with Gasteiger partial charge in [0.2, 0.25) is 0 Å². The van der Waals surface area contributed by atoms with Gasteiger partial charge in [-0.2, -0.15) is 0 Å². The SMILES string of the molecule is COCCCNC(=O)N1CCc2c([nH]c3ccccc23)C1c1ccc(C)cc1. The van der Waals surface area contributed by atoms with Crippen LogP contribution in [0.1, 0.15) is 34.8 Å². The van der Waals surface area contributed by atoms with E-state index in [1.807, 2.05) is 11.0 Å². The lowest BCUT2D eigenvalue weighted by molar-refractivity contribution is 0.173. The molecule has 5 nitrogen and oxygen atoms in total. The molecule has 5 heteroatoms. The fraction of sp³-hybridized carbons (Fsp3) is 0.348. The molecule has 2 N–H and O–H groups in total. The van der Waals surface area contributed by atoms with Gasteiger partial charge in [0.05, 0.1) is 6.04 Å². The predicted octanol–water partition coefficient (Wildman–Crippen LogP) is 4.17. The van der Waals surface area contributed by atoms with E-state index in [1.54, 1.807) is 7.11 Å². The maximum Gasteiger partial charge on any atom is 0.318 e. The maximum atomic E-state index is 13.0. The second kappa shape index (κ2) is 8.07. The number of ether oxygens (including phenoxy) is 1. The van der Waals surface area contributed by atoms with Crippen molar-refractivity contribution in [2.45, 2.75) is 25.8 Å². The van der Waals surface area contributed by atoms with E-state index in [9.17, 15) is 4.79 Å². The minimum atomic E-state index is -0.112. The third-order valence-corrected chi connectivity index (χ3v) is 5.49. The number of urea groups is 1. The van der Waals surface area contributed by atoms with E-state index in [2.05, 4.69) is 59.7 Å². The summed E-state index contributed by atoms with van der Waals surface area (Å²) < 4.78 is 5.08. The van der Waals surface area contributed by atoms with Crippen LogP contribution in [-0.2, 0) is 11.2 Å². The summed E-state index contributed by atoms with van der Waals surface area (Å²) in [4.78, 5) is 18.5. The molecule has 1 unspecified atom stereocenters. The van der Waals surface area contributed by atoms with E-state index in [-0.39, 0.29) is 12.1 Å². The molecule has 0 bridgehead atoms. The van der Waals surface area contributed by atoms with Crippen molar-refractivity contribution < 1.29 is 9.53 Å². The predicted molar refractivity (Wildman–Crippen MR) is 112 cm³/mol. The van der Waals surface area contributed by atoms with Gasteiger partial charge in [-0.1, -0.05) is 48.0 Å².